The Bertz CT molecular complexity index is 972. The van der Waals surface area contributed by atoms with Gasteiger partial charge in [-0.1, -0.05) is 53.5 Å². The number of nitrogens with one attached hydrogen (secondary N) is 1. The van der Waals surface area contributed by atoms with Gasteiger partial charge < -0.3 is 5.32 Å². The van der Waals surface area contributed by atoms with Crippen LogP contribution in [0.25, 0.3) is 11.3 Å². The Morgan fingerprint density at radius 1 is 1.04 bits per heavy atom. The number of halogens is 2. The maximum atomic E-state index is 12.2. The fourth-order valence-electron chi connectivity index (χ4n) is 2.24. The molecule has 7 heteroatoms. The predicted octanol–water partition coefficient (Wildman–Crippen LogP) is 3.86. The van der Waals surface area contributed by atoms with E-state index in [-0.39, 0.29) is 12.1 Å². The van der Waals surface area contributed by atoms with Gasteiger partial charge in [-0.05, 0) is 24.3 Å². The molecule has 0 aliphatic rings. The summed E-state index contributed by atoms with van der Waals surface area (Å²) in [6.45, 7) is -0.234. The molecule has 1 amide bonds. The average Bonchev–Trinajstić information content (AvgIpc) is 2.61. The largest absolute Gasteiger partial charge is 0.323 e. The van der Waals surface area contributed by atoms with E-state index < -0.39 is 5.91 Å². The molecule has 1 N–H and O–H groups in total. The quantitative estimate of drug-likeness (QED) is 0.755. The van der Waals surface area contributed by atoms with Gasteiger partial charge in [0.25, 0.3) is 5.56 Å². The average molecular weight is 374 g/mol. The molecular weight excluding hydrogens is 361 g/mol. The van der Waals surface area contributed by atoms with Crippen molar-refractivity contribution < 1.29 is 4.79 Å². The second kappa shape index (κ2) is 7.51. The Labute approximate surface area is 153 Å². The zero-order chi connectivity index (χ0) is 17.8. The minimum atomic E-state index is -0.427. The highest BCUT2D eigenvalue weighted by molar-refractivity contribution is 6.35. The molecule has 0 unspecified atom stereocenters. The third-order valence-electron chi connectivity index (χ3n) is 3.43. The number of carbonyl (C=O) groups excluding carboxylic acids is 1. The molecule has 0 fully saturated rings. The molecule has 25 heavy (non-hydrogen) atoms. The molecule has 3 aromatic rings. The lowest BCUT2D eigenvalue weighted by Gasteiger charge is -2.09. The normalized spacial score (nSPS) is 10.5. The summed E-state index contributed by atoms with van der Waals surface area (Å²) in [6.07, 6.45) is 0. The summed E-state index contributed by atoms with van der Waals surface area (Å²) in [5.74, 6) is -0.427. The molecule has 0 aliphatic heterocycles. The van der Waals surface area contributed by atoms with Gasteiger partial charge in [-0.2, -0.15) is 5.10 Å². The fraction of sp³-hybridized carbons (Fsp3) is 0.0556. The molecule has 0 radical (unpaired) electrons. The van der Waals surface area contributed by atoms with Crippen LogP contribution in [0.5, 0.6) is 0 Å². The zero-order valence-corrected chi connectivity index (χ0v) is 14.5. The van der Waals surface area contributed by atoms with Crippen LogP contribution in [0, 0.1) is 0 Å². The molecule has 1 aromatic heterocycles. The molecule has 5 nitrogen and oxygen atoms in total. The first-order valence-corrected chi connectivity index (χ1v) is 8.17. The highest BCUT2D eigenvalue weighted by Crippen LogP contribution is 2.25. The van der Waals surface area contributed by atoms with E-state index in [1.165, 1.54) is 6.07 Å². The van der Waals surface area contributed by atoms with Crippen LogP contribution in [0.2, 0.25) is 10.0 Å². The lowest BCUT2D eigenvalue weighted by Crippen LogP contribution is -2.29. The smallest absolute Gasteiger partial charge is 0.267 e. The summed E-state index contributed by atoms with van der Waals surface area (Å²) in [5, 5.41) is 7.68. The van der Waals surface area contributed by atoms with Crippen LogP contribution in [-0.4, -0.2) is 15.7 Å². The topological polar surface area (TPSA) is 64.0 Å². The van der Waals surface area contributed by atoms with E-state index >= 15 is 0 Å². The lowest BCUT2D eigenvalue weighted by atomic mass is 10.1. The van der Waals surface area contributed by atoms with E-state index in [4.69, 9.17) is 23.2 Å². The number of carbonyl (C=O) groups is 1. The van der Waals surface area contributed by atoms with Crippen LogP contribution in [0.3, 0.4) is 0 Å². The van der Waals surface area contributed by atoms with Crippen molar-refractivity contribution in [2.45, 2.75) is 6.54 Å². The van der Waals surface area contributed by atoms with E-state index in [9.17, 15) is 9.59 Å². The number of nitrogens with zero attached hydrogens (tertiary/aromatic N) is 2. The highest BCUT2D eigenvalue weighted by atomic mass is 35.5. The zero-order valence-electron chi connectivity index (χ0n) is 12.9. The maximum Gasteiger partial charge on any atom is 0.267 e. The second-order valence-corrected chi connectivity index (χ2v) is 6.10. The minimum Gasteiger partial charge on any atom is -0.323 e. The molecule has 1 heterocycles. The van der Waals surface area contributed by atoms with Gasteiger partial charge in [-0.25, -0.2) is 4.68 Å². The Morgan fingerprint density at radius 3 is 2.56 bits per heavy atom. The Morgan fingerprint density at radius 2 is 1.80 bits per heavy atom. The first-order chi connectivity index (χ1) is 12.0. The van der Waals surface area contributed by atoms with Gasteiger partial charge >= 0.3 is 0 Å². The third-order valence-corrected chi connectivity index (χ3v) is 4.00. The van der Waals surface area contributed by atoms with Gasteiger partial charge in [0.1, 0.15) is 6.54 Å². The van der Waals surface area contributed by atoms with Crippen molar-refractivity contribution in [3.63, 3.8) is 0 Å². The third kappa shape index (κ3) is 4.26. The van der Waals surface area contributed by atoms with Crippen LogP contribution in [-0.2, 0) is 11.3 Å². The van der Waals surface area contributed by atoms with Crippen molar-refractivity contribution >= 4 is 34.8 Å². The first-order valence-electron chi connectivity index (χ1n) is 7.41. The fourth-order valence-corrected chi connectivity index (χ4v) is 2.58. The van der Waals surface area contributed by atoms with Crippen LogP contribution in [0.4, 0.5) is 5.69 Å². The van der Waals surface area contributed by atoms with Crippen LogP contribution < -0.4 is 10.9 Å². The molecule has 0 saturated heterocycles. The highest BCUT2D eigenvalue weighted by Gasteiger charge is 2.10. The van der Waals surface area contributed by atoms with Gasteiger partial charge in [0.2, 0.25) is 5.91 Å². The molecule has 0 bridgehead atoms. The van der Waals surface area contributed by atoms with Crippen LogP contribution in [0.15, 0.2) is 65.5 Å². The number of anilines is 1. The standard InChI is InChI=1S/C18H13Cl2N3O2/c19-13-6-7-14(20)16(10-13)21-17(24)11-23-18(25)9-8-15(22-23)12-4-2-1-3-5-12/h1-10H,11H2,(H,21,24). The van der Waals surface area contributed by atoms with E-state index in [2.05, 4.69) is 10.4 Å². The SMILES string of the molecule is O=C(Cn1nc(-c2ccccc2)ccc1=O)Nc1cc(Cl)ccc1Cl. The van der Waals surface area contributed by atoms with E-state index in [1.54, 1.807) is 24.3 Å². The van der Waals surface area contributed by atoms with Crippen LogP contribution >= 0.6 is 23.2 Å². The lowest BCUT2D eigenvalue weighted by molar-refractivity contribution is -0.117. The first kappa shape index (κ1) is 17.2. The van der Waals surface area contributed by atoms with E-state index in [1.807, 2.05) is 30.3 Å². The predicted molar refractivity (Wildman–Crippen MR) is 99.0 cm³/mol. The maximum absolute atomic E-state index is 12.2. The molecule has 126 valence electrons. The van der Waals surface area contributed by atoms with Crippen molar-refractivity contribution in [2.75, 3.05) is 5.32 Å². The number of benzene rings is 2. The summed E-state index contributed by atoms with van der Waals surface area (Å²) in [6, 6.07) is 17.1. The number of amides is 1. The molecule has 0 aliphatic carbocycles. The molecular formula is C18H13Cl2N3O2. The van der Waals surface area contributed by atoms with Crippen molar-refractivity contribution in [1.82, 2.24) is 9.78 Å². The summed E-state index contributed by atoms with van der Waals surface area (Å²) in [5.41, 5.74) is 1.47. The minimum absolute atomic E-state index is 0.234. The molecule has 2 aromatic carbocycles. The van der Waals surface area contributed by atoms with Crippen molar-refractivity contribution in [3.05, 3.63) is 81.1 Å². The second-order valence-electron chi connectivity index (χ2n) is 5.25. The summed E-state index contributed by atoms with van der Waals surface area (Å²) in [7, 11) is 0. The van der Waals surface area contributed by atoms with Gasteiger partial charge in [-0.15, -0.1) is 0 Å². The number of rotatable bonds is 4. The number of hydrogen-bond donors (Lipinski definition) is 1. The van der Waals surface area contributed by atoms with Crippen molar-refractivity contribution in [1.29, 1.82) is 0 Å². The van der Waals surface area contributed by atoms with Gasteiger partial charge in [0.15, 0.2) is 0 Å². The van der Waals surface area contributed by atoms with E-state index in [0.717, 1.165) is 10.2 Å². The van der Waals surface area contributed by atoms with Gasteiger partial charge in [-0.3, -0.25) is 9.59 Å². The Balaban J connectivity index is 1.81. The number of hydrogen-bond acceptors (Lipinski definition) is 3. The molecule has 0 spiro atoms. The molecule has 3 rings (SSSR count). The van der Waals surface area contributed by atoms with Gasteiger partial charge in [0.05, 0.1) is 16.4 Å². The summed E-state index contributed by atoms with van der Waals surface area (Å²) in [4.78, 5) is 24.2. The Hall–Kier alpha value is -2.63. The van der Waals surface area contributed by atoms with Crippen molar-refractivity contribution in [3.8, 4) is 11.3 Å². The molecule has 0 atom stereocenters. The van der Waals surface area contributed by atoms with E-state index in [0.29, 0.717) is 21.4 Å². The van der Waals surface area contributed by atoms with Crippen LogP contribution in [0.1, 0.15) is 0 Å². The summed E-state index contributed by atoms with van der Waals surface area (Å²) >= 11 is 11.9. The molecule has 0 saturated carbocycles. The van der Waals surface area contributed by atoms with Crippen molar-refractivity contribution in [2.24, 2.45) is 0 Å². The summed E-state index contributed by atoms with van der Waals surface area (Å²) < 4.78 is 1.11. The van der Waals surface area contributed by atoms with Gasteiger partial charge in [0, 0.05) is 16.7 Å². The number of aromatic nitrogens is 2. The monoisotopic (exact) mass is 373 g/mol. The Kier molecular flexibility index (Phi) is 5.16.